The molecule has 0 spiro atoms. The van der Waals surface area contributed by atoms with Crippen LogP contribution in [-0.2, 0) is 9.53 Å². The lowest BCUT2D eigenvalue weighted by atomic mass is 9.93. The van der Waals surface area contributed by atoms with Crippen molar-refractivity contribution in [2.24, 2.45) is 5.92 Å². The SMILES string of the molecule is O=C(O)C1CN(C(=O)OCC2c3ccccc3-c3ccccc32)CC1c1ccn[nH]1. The first-order valence-electron chi connectivity index (χ1n) is 9.95. The number of carbonyl (C=O) groups excluding carboxylic acids is 1. The molecule has 2 N–H and O–H groups in total. The summed E-state index contributed by atoms with van der Waals surface area (Å²) >= 11 is 0. The number of aromatic amines is 1. The molecule has 30 heavy (non-hydrogen) atoms. The summed E-state index contributed by atoms with van der Waals surface area (Å²) in [7, 11) is 0. The Balaban J connectivity index is 1.32. The monoisotopic (exact) mass is 403 g/mol. The van der Waals surface area contributed by atoms with Crippen LogP contribution in [0.1, 0.15) is 28.7 Å². The lowest BCUT2D eigenvalue weighted by Gasteiger charge is -2.19. The molecule has 2 heterocycles. The van der Waals surface area contributed by atoms with E-state index in [4.69, 9.17) is 4.74 Å². The van der Waals surface area contributed by atoms with E-state index in [1.807, 2.05) is 24.3 Å². The van der Waals surface area contributed by atoms with Gasteiger partial charge in [0.2, 0.25) is 0 Å². The number of rotatable bonds is 4. The van der Waals surface area contributed by atoms with Crippen molar-refractivity contribution in [2.45, 2.75) is 11.8 Å². The molecule has 0 saturated carbocycles. The number of likely N-dealkylation sites (tertiary alicyclic amines) is 1. The number of aromatic nitrogens is 2. The van der Waals surface area contributed by atoms with E-state index in [0.717, 1.165) is 16.8 Å². The van der Waals surface area contributed by atoms with Gasteiger partial charge in [-0.05, 0) is 28.3 Å². The standard InChI is InChI=1S/C23H21N3O4/c27-22(28)19-12-26(11-18(19)21-9-10-24-25-21)23(29)30-13-20-16-7-3-1-5-14(16)15-6-2-4-8-17(15)20/h1-10,18-20H,11-13H2,(H,24,25)(H,27,28). The van der Waals surface area contributed by atoms with E-state index in [1.54, 1.807) is 12.3 Å². The van der Waals surface area contributed by atoms with Crippen molar-refractivity contribution in [1.82, 2.24) is 15.1 Å². The molecular weight excluding hydrogens is 382 g/mol. The van der Waals surface area contributed by atoms with Crippen LogP contribution in [0.4, 0.5) is 4.79 Å². The maximum absolute atomic E-state index is 12.8. The second kappa shape index (κ2) is 7.33. The highest BCUT2D eigenvalue weighted by Crippen LogP contribution is 2.44. The predicted octanol–water partition coefficient (Wildman–Crippen LogP) is 3.46. The quantitative estimate of drug-likeness (QED) is 0.696. The number of carboxylic acid groups (broad SMARTS) is 1. The Labute approximate surface area is 173 Å². The van der Waals surface area contributed by atoms with Gasteiger partial charge >= 0.3 is 12.1 Å². The van der Waals surface area contributed by atoms with E-state index in [-0.39, 0.29) is 31.5 Å². The van der Waals surface area contributed by atoms with Crippen molar-refractivity contribution >= 4 is 12.1 Å². The van der Waals surface area contributed by atoms with Crippen LogP contribution in [0, 0.1) is 5.92 Å². The summed E-state index contributed by atoms with van der Waals surface area (Å²) < 4.78 is 5.69. The molecule has 2 aliphatic rings. The number of hydrogen-bond acceptors (Lipinski definition) is 4. The normalized spacial score (nSPS) is 20.1. The van der Waals surface area contributed by atoms with E-state index in [1.165, 1.54) is 16.0 Å². The molecule has 1 amide bonds. The molecule has 1 fully saturated rings. The number of hydrogen-bond donors (Lipinski definition) is 2. The van der Waals surface area contributed by atoms with E-state index in [0.29, 0.717) is 0 Å². The third kappa shape index (κ3) is 3.03. The fraction of sp³-hybridized carbons (Fsp3) is 0.261. The van der Waals surface area contributed by atoms with Crippen molar-refractivity contribution in [3.63, 3.8) is 0 Å². The number of nitrogens with zero attached hydrogens (tertiary/aromatic N) is 2. The topological polar surface area (TPSA) is 95.5 Å². The smallest absolute Gasteiger partial charge is 0.409 e. The molecule has 1 aliphatic carbocycles. The van der Waals surface area contributed by atoms with Crippen molar-refractivity contribution < 1.29 is 19.4 Å². The maximum Gasteiger partial charge on any atom is 0.409 e. The van der Waals surface area contributed by atoms with E-state index in [2.05, 4.69) is 34.5 Å². The Morgan fingerprint density at radius 2 is 1.70 bits per heavy atom. The molecule has 1 saturated heterocycles. The van der Waals surface area contributed by atoms with Crippen LogP contribution in [-0.4, -0.2) is 52.0 Å². The van der Waals surface area contributed by atoms with Gasteiger partial charge in [-0.1, -0.05) is 48.5 Å². The fourth-order valence-electron chi connectivity index (χ4n) is 4.68. The third-order valence-electron chi connectivity index (χ3n) is 6.15. The Kier molecular flexibility index (Phi) is 4.50. The lowest BCUT2D eigenvalue weighted by molar-refractivity contribution is -0.141. The lowest BCUT2D eigenvalue weighted by Crippen LogP contribution is -2.31. The molecule has 5 rings (SSSR count). The first kappa shape index (κ1) is 18.4. The molecule has 1 aromatic heterocycles. The minimum Gasteiger partial charge on any atom is -0.481 e. The highest BCUT2D eigenvalue weighted by atomic mass is 16.6. The van der Waals surface area contributed by atoms with E-state index < -0.39 is 18.0 Å². The summed E-state index contributed by atoms with van der Waals surface area (Å²) in [5, 5.41) is 16.3. The van der Waals surface area contributed by atoms with Crippen LogP contribution in [0.25, 0.3) is 11.1 Å². The maximum atomic E-state index is 12.8. The van der Waals surface area contributed by atoms with Gasteiger partial charge in [0.1, 0.15) is 6.61 Å². The Morgan fingerprint density at radius 1 is 1.03 bits per heavy atom. The predicted molar refractivity (Wildman–Crippen MR) is 109 cm³/mol. The van der Waals surface area contributed by atoms with Crippen LogP contribution in [0.2, 0.25) is 0 Å². The number of amides is 1. The molecule has 2 unspecified atom stereocenters. The summed E-state index contributed by atoms with van der Waals surface area (Å²) in [4.78, 5) is 26.0. The number of carbonyl (C=O) groups is 2. The Morgan fingerprint density at radius 3 is 2.30 bits per heavy atom. The second-order valence-electron chi connectivity index (χ2n) is 7.77. The summed E-state index contributed by atoms with van der Waals surface area (Å²) in [6, 6.07) is 18.1. The van der Waals surface area contributed by atoms with Crippen LogP contribution in [0.5, 0.6) is 0 Å². The molecule has 7 heteroatoms. The highest BCUT2D eigenvalue weighted by Gasteiger charge is 2.42. The molecule has 3 aromatic rings. The number of nitrogens with one attached hydrogen (secondary N) is 1. The zero-order valence-corrected chi connectivity index (χ0v) is 16.2. The summed E-state index contributed by atoms with van der Waals surface area (Å²) in [5.41, 5.74) is 5.34. The number of aliphatic carboxylic acids is 1. The number of carboxylic acids is 1. The van der Waals surface area contributed by atoms with Crippen LogP contribution >= 0.6 is 0 Å². The molecule has 152 valence electrons. The number of ether oxygens (including phenoxy) is 1. The van der Waals surface area contributed by atoms with Gasteiger partial charge in [0.15, 0.2) is 0 Å². The third-order valence-corrected chi connectivity index (χ3v) is 6.15. The molecule has 7 nitrogen and oxygen atoms in total. The zero-order chi connectivity index (χ0) is 20.7. The molecular formula is C23H21N3O4. The van der Waals surface area contributed by atoms with Gasteiger partial charge in [0.25, 0.3) is 0 Å². The zero-order valence-electron chi connectivity index (χ0n) is 16.2. The van der Waals surface area contributed by atoms with Gasteiger partial charge < -0.3 is 14.7 Å². The van der Waals surface area contributed by atoms with Gasteiger partial charge in [0.05, 0.1) is 5.92 Å². The fourth-order valence-corrected chi connectivity index (χ4v) is 4.68. The van der Waals surface area contributed by atoms with Gasteiger partial charge in [-0.15, -0.1) is 0 Å². The molecule has 2 aromatic carbocycles. The van der Waals surface area contributed by atoms with Crippen LogP contribution in [0.15, 0.2) is 60.8 Å². The highest BCUT2D eigenvalue weighted by molar-refractivity contribution is 5.79. The largest absolute Gasteiger partial charge is 0.481 e. The summed E-state index contributed by atoms with van der Waals surface area (Å²) in [6.45, 7) is 0.626. The molecule has 1 aliphatic heterocycles. The van der Waals surface area contributed by atoms with Crippen molar-refractivity contribution in [2.75, 3.05) is 19.7 Å². The minimum atomic E-state index is -0.927. The molecule has 0 bridgehead atoms. The van der Waals surface area contributed by atoms with Gasteiger partial charge in [-0.25, -0.2) is 4.79 Å². The van der Waals surface area contributed by atoms with Gasteiger partial charge in [0, 0.05) is 36.8 Å². The average molecular weight is 403 g/mol. The van der Waals surface area contributed by atoms with Gasteiger partial charge in [-0.3, -0.25) is 9.89 Å². The molecule has 2 atom stereocenters. The Hall–Kier alpha value is -3.61. The summed E-state index contributed by atoms with van der Waals surface area (Å²) in [6.07, 6.45) is 1.11. The second-order valence-corrected chi connectivity index (χ2v) is 7.77. The first-order valence-corrected chi connectivity index (χ1v) is 9.95. The van der Waals surface area contributed by atoms with Crippen molar-refractivity contribution in [3.05, 3.63) is 77.6 Å². The number of fused-ring (bicyclic) bond motifs is 3. The van der Waals surface area contributed by atoms with Crippen LogP contribution < -0.4 is 0 Å². The first-order chi connectivity index (χ1) is 14.6. The minimum absolute atomic E-state index is 0.0253. The summed E-state index contributed by atoms with van der Waals surface area (Å²) in [5.74, 6) is -1.97. The number of H-pyrrole nitrogens is 1. The Bertz CT molecular complexity index is 1050. The van der Waals surface area contributed by atoms with E-state index >= 15 is 0 Å². The van der Waals surface area contributed by atoms with E-state index in [9.17, 15) is 14.7 Å². The van der Waals surface area contributed by atoms with Crippen molar-refractivity contribution in [1.29, 1.82) is 0 Å². The number of benzene rings is 2. The average Bonchev–Trinajstić information content (AvgIpc) is 3.49. The van der Waals surface area contributed by atoms with Crippen molar-refractivity contribution in [3.8, 4) is 11.1 Å². The van der Waals surface area contributed by atoms with Crippen LogP contribution in [0.3, 0.4) is 0 Å². The van der Waals surface area contributed by atoms with Gasteiger partial charge in [-0.2, -0.15) is 5.10 Å². The molecule has 0 radical (unpaired) electrons.